The second-order valence-corrected chi connectivity index (χ2v) is 8.57. The summed E-state index contributed by atoms with van der Waals surface area (Å²) in [5.74, 6) is -1.44. The fraction of sp³-hybridized carbons (Fsp3) is 0.400. The molecule has 0 spiro atoms. The standard InChI is InChI=1S/C20H20N4O2S/c1-12(19(26)24-9-8-13-6-4-5-7-16(13)24)27-18-15(11-22)20(2,3)14(10-21)17(25)23-18/h4-7,12,14H,8-9H2,1-3H3,(H,23,25)/t12-,14+/m1/s1. The van der Waals surface area contributed by atoms with E-state index in [9.17, 15) is 20.1 Å². The molecule has 6 nitrogen and oxygen atoms in total. The number of benzene rings is 1. The van der Waals surface area contributed by atoms with Crippen molar-refractivity contribution in [3.63, 3.8) is 0 Å². The first-order valence-electron chi connectivity index (χ1n) is 8.72. The van der Waals surface area contributed by atoms with Crippen molar-refractivity contribution in [3.8, 4) is 12.1 Å². The molecule has 2 aliphatic heterocycles. The van der Waals surface area contributed by atoms with Gasteiger partial charge in [-0.15, -0.1) is 0 Å². The number of thioether (sulfide) groups is 1. The van der Waals surface area contributed by atoms with Crippen molar-refractivity contribution < 1.29 is 9.59 Å². The minimum absolute atomic E-state index is 0.0656. The largest absolute Gasteiger partial charge is 0.319 e. The van der Waals surface area contributed by atoms with Gasteiger partial charge < -0.3 is 10.2 Å². The van der Waals surface area contributed by atoms with Gasteiger partial charge in [-0.05, 0) is 25.0 Å². The molecule has 0 fully saturated rings. The van der Waals surface area contributed by atoms with Crippen molar-refractivity contribution in [2.45, 2.75) is 32.4 Å². The topological polar surface area (TPSA) is 97.0 Å². The molecule has 2 heterocycles. The van der Waals surface area contributed by atoms with E-state index in [-0.39, 0.29) is 5.91 Å². The minimum atomic E-state index is -0.937. The zero-order valence-electron chi connectivity index (χ0n) is 15.4. The number of hydrogen-bond donors (Lipinski definition) is 1. The number of para-hydroxylation sites is 1. The number of hydrogen-bond acceptors (Lipinski definition) is 5. The zero-order valence-corrected chi connectivity index (χ0v) is 16.3. The second kappa shape index (κ2) is 7.09. The first kappa shape index (κ1) is 19.0. The van der Waals surface area contributed by atoms with E-state index in [4.69, 9.17) is 0 Å². The predicted molar refractivity (Wildman–Crippen MR) is 103 cm³/mol. The van der Waals surface area contributed by atoms with E-state index < -0.39 is 22.5 Å². The molecule has 0 aromatic heterocycles. The molecule has 0 bridgehead atoms. The van der Waals surface area contributed by atoms with Gasteiger partial charge in [0, 0.05) is 17.6 Å². The first-order valence-corrected chi connectivity index (χ1v) is 9.60. The van der Waals surface area contributed by atoms with E-state index in [1.807, 2.05) is 30.3 Å². The maximum Gasteiger partial charge on any atom is 0.243 e. The summed E-state index contributed by atoms with van der Waals surface area (Å²) in [7, 11) is 0. The summed E-state index contributed by atoms with van der Waals surface area (Å²) in [5, 5.41) is 21.4. The molecule has 1 aromatic carbocycles. The third-order valence-electron chi connectivity index (χ3n) is 5.13. The van der Waals surface area contributed by atoms with E-state index in [0.717, 1.165) is 17.7 Å². The van der Waals surface area contributed by atoms with Crippen LogP contribution in [-0.4, -0.2) is 23.6 Å². The van der Waals surface area contributed by atoms with Gasteiger partial charge in [0.2, 0.25) is 11.8 Å². The minimum Gasteiger partial charge on any atom is -0.319 e. The molecule has 1 N–H and O–H groups in total. The van der Waals surface area contributed by atoms with Crippen LogP contribution in [0.2, 0.25) is 0 Å². The van der Waals surface area contributed by atoms with Gasteiger partial charge in [0.25, 0.3) is 0 Å². The highest BCUT2D eigenvalue weighted by Gasteiger charge is 2.45. The summed E-state index contributed by atoms with van der Waals surface area (Å²) in [6, 6.07) is 11.9. The Morgan fingerprint density at radius 1 is 1.37 bits per heavy atom. The molecule has 0 saturated heterocycles. The quantitative estimate of drug-likeness (QED) is 0.870. The highest BCUT2D eigenvalue weighted by molar-refractivity contribution is 8.04. The van der Waals surface area contributed by atoms with Gasteiger partial charge in [0.1, 0.15) is 5.92 Å². The summed E-state index contributed by atoms with van der Waals surface area (Å²) in [4.78, 5) is 27.0. The lowest BCUT2D eigenvalue weighted by Crippen LogP contribution is -2.45. The fourth-order valence-electron chi connectivity index (χ4n) is 3.53. The molecule has 0 saturated carbocycles. The van der Waals surface area contributed by atoms with Crippen LogP contribution in [0.25, 0.3) is 0 Å². The highest BCUT2D eigenvalue weighted by atomic mass is 32.2. The Labute approximate surface area is 162 Å². The van der Waals surface area contributed by atoms with Gasteiger partial charge in [0.05, 0.1) is 28.0 Å². The van der Waals surface area contributed by atoms with Crippen molar-refractivity contribution >= 4 is 29.3 Å². The van der Waals surface area contributed by atoms with Gasteiger partial charge in [-0.25, -0.2) is 0 Å². The van der Waals surface area contributed by atoms with Gasteiger partial charge in [-0.2, -0.15) is 10.5 Å². The van der Waals surface area contributed by atoms with Crippen LogP contribution in [0.1, 0.15) is 26.3 Å². The number of allylic oxidation sites excluding steroid dienone is 1. The summed E-state index contributed by atoms with van der Waals surface area (Å²) in [6.07, 6.45) is 0.819. The Balaban J connectivity index is 1.85. The van der Waals surface area contributed by atoms with Crippen LogP contribution >= 0.6 is 11.8 Å². The number of nitrogens with one attached hydrogen (secondary N) is 1. The molecule has 1 aromatic rings. The van der Waals surface area contributed by atoms with Crippen LogP contribution in [0.3, 0.4) is 0 Å². The van der Waals surface area contributed by atoms with Crippen LogP contribution in [-0.2, 0) is 16.0 Å². The molecular weight excluding hydrogens is 360 g/mol. The molecule has 0 unspecified atom stereocenters. The van der Waals surface area contributed by atoms with Crippen molar-refractivity contribution in [1.29, 1.82) is 10.5 Å². The summed E-state index contributed by atoms with van der Waals surface area (Å²) >= 11 is 1.17. The number of carbonyl (C=O) groups is 2. The van der Waals surface area contributed by atoms with Gasteiger partial charge in [-0.1, -0.05) is 43.8 Å². The Bertz CT molecular complexity index is 923. The summed E-state index contributed by atoms with van der Waals surface area (Å²) in [5.41, 5.74) is 1.49. The predicted octanol–water partition coefficient (Wildman–Crippen LogP) is 2.73. The number of amides is 2. The Morgan fingerprint density at radius 3 is 2.74 bits per heavy atom. The molecule has 2 amide bonds. The third kappa shape index (κ3) is 3.20. The monoisotopic (exact) mass is 380 g/mol. The van der Waals surface area contributed by atoms with Crippen molar-refractivity contribution in [3.05, 3.63) is 40.4 Å². The molecule has 27 heavy (non-hydrogen) atoms. The Hall–Kier alpha value is -2.77. The molecule has 3 rings (SSSR count). The Kier molecular flexibility index (Phi) is 4.99. The lowest BCUT2D eigenvalue weighted by atomic mass is 9.72. The van der Waals surface area contributed by atoms with Crippen LogP contribution in [0.4, 0.5) is 5.69 Å². The molecule has 0 radical (unpaired) electrons. The zero-order chi connectivity index (χ0) is 19.8. The highest BCUT2D eigenvalue weighted by Crippen LogP contribution is 2.43. The van der Waals surface area contributed by atoms with E-state index in [1.54, 1.807) is 25.7 Å². The Morgan fingerprint density at radius 2 is 2.07 bits per heavy atom. The van der Waals surface area contributed by atoms with Crippen molar-refractivity contribution in [2.75, 3.05) is 11.4 Å². The van der Waals surface area contributed by atoms with Crippen LogP contribution < -0.4 is 10.2 Å². The van der Waals surface area contributed by atoms with Crippen molar-refractivity contribution in [2.24, 2.45) is 11.3 Å². The number of anilines is 1. The normalized spacial score (nSPS) is 21.7. The molecule has 2 atom stereocenters. The summed E-state index contributed by atoms with van der Waals surface area (Å²) < 4.78 is 0. The van der Waals surface area contributed by atoms with E-state index in [2.05, 4.69) is 11.4 Å². The van der Waals surface area contributed by atoms with Crippen LogP contribution in [0, 0.1) is 34.0 Å². The van der Waals surface area contributed by atoms with E-state index >= 15 is 0 Å². The average Bonchev–Trinajstić information content (AvgIpc) is 3.04. The van der Waals surface area contributed by atoms with Gasteiger partial charge in [-0.3, -0.25) is 9.59 Å². The SMILES string of the molecule is C[C@@H](SC1=C(C#N)C(C)(C)[C@@H](C#N)C(=O)N1)C(=O)N1CCc2ccccc21. The summed E-state index contributed by atoms with van der Waals surface area (Å²) in [6.45, 7) is 5.82. The maximum absolute atomic E-state index is 13.0. The first-order chi connectivity index (χ1) is 12.8. The molecule has 2 aliphatic rings. The number of fused-ring (bicyclic) bond motifs is 1. The lowest BCUT2D eigenvalue weighted by Gasteiger charge is -2.35. The number of nitriles is 2. The van der Waals surface area contributed by atoms with Crippen LogP contribution in [0.15, 0.2) is 34.9 Å². The number of nitrogens with zero attached hydrogens (tertiary/aromatic N) is 3. The average molecular weight is 380 g/mol. The third-order valence-corrected chi connectivity index (χ3v) is 6.23. The van der Waals surface area contributed by atoms with Crippen molar-refractivity contribution in [1.82, 2.24) is 5.32 Å². The molecule has 7 heteroatoms. The maximum atomic E-state index is 13.0. The molecular formula is C20H20N4O2S. The fourth-order valence-corrected chi connectivity index (χ4v) is 4.70. The number of rotatable bonds is 3. The second-order valence-electron chi connectivity index (χ2n) is 7.22. The number of carbonyl (C=O) groups excluding carboxylic acids is 2. The van der Waals surface area contributed by atoms with Gasteiger partial charge in [0.15, 0.2) is 0 Å². The molecule has 138 valence electrons. The van der Waals surface area contributed by atoms with E-state index in [1.165, 1.54) is 11.8 Å². The van der Waals surface area contributed by atoms with Crippen LogP contribution in [0.5, 0.6) is 0 Å². The lowest BCUT2D eigenvalue weighted by molar-refractivity contribution is -0.125. The van der Waals surface area contributed by atoms with Gasteiger partial charge >= 0.3 is 0 Å². The molecule has 0 aliphatic carbocycles. The van der Waals surface area contributed by atoms with E-state index in [0.29, 0.717) is 17.1 Å². The smallest absolute Gasteiger partial charge is 0.243 e.